The average molecular weight is 277 g/mol. The molecule has 2 rings (SSSR count). The highest BCUT2D eigenvalue weighted by Crippen LogP contribution is 2.20. The maximum absolute atomic E-state index is 10.8. The Bertz CT molecular complexity index is 597. The number of hydrogen-bond donors (Lipinski definition) is 2. The number of carboxylic acids is 1. The third-order valence-corrected chi connectivity index (χ3v) is 2.70. The molecule has 7 heteroatoms. The third kappa shape index (κ3) is 3.33. The van der Waals surface area contributed by atoms with Crippen molar-refractivity contribution >= 4 is 11.8 Å². The van der Waals surface area contributed by atoms with Crippen LogP contribution in [0.15, 0.2) is 29.0 Å². The van der Waals surface area contributed by atoms with E-state index in [1.807, 2.05) is 6.92 Å². The van der Waals surface area contributed by atoms with Gasteiger partial charge >= 0.3 is 5.97 Å². The average Bonchev–Trinajstić information content (AvgIpc) is 2.95. The summed E-state index contributed by atoms with van der Waals surface area (Å²) in [6, 6.07) is 3.43. The number of hydrogen-bond acceptors (Lipinski definition) is 6. The van der Waals surface area contributed by atoms with Gasteiger partial charge in [-0.05, 0) is 19.1 Å². The normalized spacial score (nSPS) is 12.1. The first-order valence-corrected chi connectivity index (χ1v) is 6.02. The molecule has 0 spiro atoms. The van der Waals surface area contributed by atoms with Crippen molar-refractivity contribution in [2.24, 2.45) is 0 Å². The van der Waals surface area contributed by atoms with E-state index in [2.05, 4.69) is 15.3 Å². The predicted octanol–water partition coefficient (Wildman–Crippen LogP) is 1.88. The largest absolute Gasteiger partial charge is 0.476 e. The second-order valence-electron chi connectivity index (χ2n) is 4.20. The van der Waals surface area contributed by atoms with E-state index in [-0.39, 0.29) is 17.7 Å². The van der Waals surface area contributed by atoms with Crippen molar-refractivity contribution in [1.29, 1.82) is 0 Å². The molecule has 0 unspecified atom stereocenters. The molecule has 106 valence electrons. The SMILES string of the molecule is CO[C@H](C)CNc1cc(-c2nc(C(=O)O)co2)ccn1. The molecule has 0 radical (unpaired) electrons. The van der Waals surface area contributed by atoms with Gasteiger partial charge in [0.15, 0.2) is 5.69 Å². The van der Waals surface area contributed by atoms with Gasteiger partial charge in [0.2, 0.25) is 5.89 Å². The van der Waals surface area contributed by atoms with E-state index in [0.29, 0.717) is 17.9 Å². The molecule has 0 saturated heterocycles. The maximum atomic E-state index is 10.8. The molecule has 20 heavy (non-hydrogen) atoms. The van der Waals surface area contributed by atoms with Gasteiger partial charge in [-0.15, -0.1) is 0 Å². The van der Waals surface area contributed by atoms with Crippen LogP contribution in [-0.2, 0) is 4.74 Å². The molecular weight excluding hydrogens is 262 g/mol. The van der Waals surface area contributed by atoms with Crippen LogP contribution in [0.25, 0.3) is 11.5 Å². The van der Waals surface area contributed by atoms with E-state index in [1.54, 1.807) is 25.4 Å². The number of aromatic nitrogens is 2. The van der Waals surface area contributed by atoms with Crippen LogP contribution in [0.3, 0.4) is 0 Å². The highest BCUT2D eigenvalue weighted by Gasteiger charge is 2.12. The molecule has 2 aromatic heterocycles. The quantitative estimate of drug-likeness (QED) is 0.831. The lowest BCUT2D eigenvalue weighted by Gasteiger charge is -2.11. The van der Waals surface area contributed by atoms with E-state index in [1.165, 1.54) is 0 Å². The van der Waals surface area contributed by atoms with Gasteiger partial charge < -0.3 is 19.6 Å². The molecule has 2 aromatic rings. The molecule has 0 fully saturated rings. The Balaban J connectivity index is 2.14. The number of aromatic carboxylic acids is 1. The molecule has 0 aliphatic carbocycles. The molecule has 0 amide bonds. The van der Waals surface area contributed by atoms with E-state index < -0.39 is 5.97 Å². The molecule has 0 aliphatic heterocycles. The van der Waals surface area contributed by atoms with Crippen LogP contribution in [0.1, 0.15) is 17.4 Å². The Hall–Kier alpha value is -2.41. The summed E-state index contributed by atoms with van der Waals surface area (Å²) in [5, 5.41) is 11.9. The summed E-state index contributed by atoms with van der Waals surface area (Å²) in [6.07, 6.45) is 2.76. The van der Waals surface area contributed by atoms with Gasteiger partial charge in [0.25, 0.3) is 0 Å². The lowest BCUT2D eigenvalue weighted by molar-refractivity contribution is 0.0690. The molecule has 0 aromatic carbocycles. The smallest absolute Gasteiger partial charge is 0.357 e. The number of nitrogens with zero attached hydrogens (tertiary/aromatic N) is 2. The molecule has 0 bridgehead atoms. The van der Waals surface area contributed by atoms with Crippen molar-refractivity contribution in [2.75, 3.05) is 19.0 Å². The molecule has 0 aliphatic rings. The van der Waals surface area contributed by atoms with Crippen molar-refractivity contribution in [3.63, 3.8) is 0 Å². The number of methoxy groups -OCH3 is 1. The van der Waals surface area contributed by atoms with Gasteiger partial charge in [-0.2, -0.15) is 0 Å². The third-order valence-electron chi connectivity index (χ3n) is 2.70. The summed E-state index contributed by atoms with van der Waals surface area (Å²) in [5.74, 6) is -0.240. The first kappa shape index (κ1) is 14.0. The monoisotopic (exact) mass is 277 g/mol. The van der Waals surface area contributed by atoms with E-state index in [4.69, 9.17) is 14.3 Å². The van der Waals surface area contributed by atoms with Gasteiger partial charge in [0.05, 0.1) is 6.10 Å². The summed E-state index contributed by atoms with van der Waals surface area (Å²) in [5.41, 5.74) is 0.527. The fourth-order valence-electron chi connectivity index (χ4n) is 1.50. The Morgan fingerprint density at radius 2 is 2.40 bits per heavy atom. The number of pyridine rings is 1. The molecule has 2 heterocycles. The van der Waals surface area contributed by atoms with Gasteiger partial charge in [-0.1, -0.05) is 0 Å². The fraction of sp³-hybridized carbons (Fsp3) is 0.308. The zero-order chi connectivity index (χ0) is 14.5. The van der Waals surface area contributed by atoms with Crippen LogP contribution in [0.2, 0.25) is 0 Å². The minimum Gasteiger partial charge on any atom is -0.476 e. The van der Waals surface area contributed by atoms with Crippen LogP contribution < -0.4 is 5.32 Å². The van der Waals surface area contributed by atoms with Crippen molar-refractivity contribution in [1.82, 2.24) is 9.97 Å². The standard InChI is InChI=1S/C13H15N3O4/c1-8(19-2)6-15-11-5-9(3-4-14-11)12-16-10(7-20-12)13(17)18/h3-5,7-8H,6H2,1-2H3,(H,14,15)(H,17,18)/t8-/m1/s1. The van der Waals surface area contributed by atoms with Gasteiger partial charge in [-0.25, -0.2) is 14.8 Å². The molecule has 1 atom stereocenters. The first-order chi connectivity index (χ1) is 9.60. The minimum absolute atomic E-state index is 0.0563. The summed E-state index contributed by atoms with van der Waals surface area (Å²) in [7, 11) is 1.64. The summed E-state index contributed by atoms with van der Waals surface area (Å²) < 4.78 is 10.3. The van der Waals surface area contributed by atoms with Crippen LogP contribution in [0.4, 0.5) is 5.82 Å². The topological polar surface area (TPSA) is 97.5 Å². The lowest BCUT2D eigenvalue weighted by atomic mass is 10.2. The number of carboxylic acid groups (broad SMARTS) is 1. The van der Waals surface area contributed by atoms with Crippen LogP contribution in [0, 0.1) is 0 Å². The number of ether oxygens (including phenoxy) is 1. The van der Waals surface area contributed by atoms with Gasteiger partial charge in [0.1, 0.15) is 12.1 Å². The molecule has 0 saturated carbocycles. The first-order valence-electron chi connectivity index (χ1n) is 6.02. The van der Waals surface area contributed by atoms with Gasteiger partial charge in [-0.3, -0.25) is 0 Å². The Kier molecular flexibility index (Phi) is 4.31. The number of oxazole rings is 1. The lowest BCUT2D eigenvalue weighted by Crippen LogP contribution is -2.18. The molecule has 2 N–H and O–H groups in total. The zero-order valence-corrected chi connectivity index (χ0v) is 11.2. The number of anilines is 1. The van der Waals surface area contributed by atoms with Crippen molar-refractivity contribution in [3.05, 3.63) is 30.3 Å². The highest BCUT2D eigenvalue weighted by atomic mass is 16.5. The summed E-state index contributed by atoms with van der Waals surface area (Å²) in [6.45, 7) is 2.54. The zero-order valence-electron chi connectivity index (χ0n) is 11.2. The van der Waals surface area contributed by atoms with Gasteiger partial charge in [0, 0.05) is 25.4 Å². The van der Waals surface area contributed by atoms with E-state index in [9.17, 15) is 4.79 Å². The Labute approximate surface area is 115 Å². The minimum atomic E-state index is -1.12. The van der Waals surface area contributed by atoms with Crippen LogP contribution in [0.5, 0.6) is 0 Å². The summed E-state index contributed by atoms with van der Waals surface area (Å²) in [4.78, 5) is 18.8. The van der Waals surface area contributed by atoms with Crippen LogP contribution >= 0.6 is 0 Å². The number of rotatable bonds is 6. The molecule has 7 nitrogen and oxygen atoms in total. The second kappa shape index (κ2) is 6.16. The molecular formula is C13H15N3O4. The van der Waals surface area contributed by atoms with Crippen molar-refractivity contribution < 1.29 is 19.1 Å². The predicted molar refractivity (Wildman–Crippen MR) is 71.7 cm³/mol. The van der Waals surface area contributed by atoms with Crippen LogP contribution in [-0.4, -0.2) is 40.8 Å². The Morgan fingerprint density at radius 1 is 1.60 bits per heavy atom. The number of nitrogens with one attached hydrogen (secondary N) is 1. The van der Waals surface area contributed by atoms with Crippen molar-refractivity contribution in [2.45, 2.75) is 13.0 Å². The summed E-state index contributed by atoms with van der Waals surface area (Å²) >= 11 is 0. The fourth-order valence-corrected chi connectivity index (χ4v) is 1.50. The second-order valence-corrected chi connectivity index (χ2v) is 4.20. The van der Waals surface area contributed by atoms with Crippen molar-refractivity contribution in [3.8, 4) is 11.5 Å². The number of carbonyl (C=O) groups is 1. The van der Waals surface area contributed by atoms with E-state index >= 15 is 0 Å². The highest BCUT2D eigenvalue weighted by molar-refractivity contribution is 5.85. The maximum Gasteiger partial charge on any atom is 0.357 e. The van der Waals surface area contributed by atoms with E-state index in [0.717, 1.165) is 6.26 Å². The Morgan fingerprint density at radius 3 is 3.05 bits per heavy atom.